The maximum absolute atomic E-state index is 4.19. The van der Waals surface area contributed by atoms with Crippen molar-refractivity contribution in [3.8, 4) is 0 Å². The highest BCUT2D eigenvalue weighted by Crippen LogP contribution is 2.41. The highest BCUT2D eigenvalue weighted by molar-refractivity contribution is 7.80. The van der Waals surface area contributed by atoms with E-state index in [1.165, 1.54) is 12.8 Å². The van der Waals surface area contributed by atoms with E-state index in [-0.39, 0.29) is 0 Å². The van der Waals surface area contributed by atoms with E-state index in [4.69, 9.17) is 0 Å². The van der Waals surface area contributed by atoms with Crippen LogP contribution in [-0.2, 0) is 0 Å². The van der Waals surface area contributed by atoms with Gasteiger partial charge in [0.05, 0.1) is 0 Å². The Morgan fingerprint density at radius 1 is 1.57 bits per heavy atom. The van der Waals surface area contributed by atoms with Crippen molar-refractivity contribution >= 4 is 12.6 Å². The van der Waals surface area contributed by atoms with Crippen molar-refractivity contribution in [2.24, 2.45) is 11.8 Å². The highest BCUT2D eigenvalue weighted by Gasteiger charge is 2.33. The SMILES string of the molecule is CCC1CC1CS. The van der Waals surface area contributed by atoms with Crippen molar-refractivity contribution in [1.82, 2.24) is 0 Å². The molecule has 0 aliphatic heterocycles. The van der Waals surface area contributed by atoms with E-state index in [9.17, 15) is 0 Å². The summed E-state index contributed by atoms with van der Waals surface area (Å²) >= 11 is 4.19. The fraction of sp³-hybridized carbons (Fsp3) is 1.00. The average molecular weight is 116 g/mol. The Morgan fingerprint density at radius 2 is 2.29 bits per heavy atom. The van der Waals surface area contributed by atoms with E-state index in [2.05, 4.69) is 19.6 Å². The van der Waals surface area contributed by atoms with Crippen LogP contribution in [0, 0.1) is 11.8 Å². The zero-order valence-electron chi connectivity index (χ0n) is 4.72. The molecule has 1 saturated carbocycles. The number of thiol groups is 1. The minimum absolute atomic E-state index is 0.980. The minimum Gasteiger partial charge on any atom is -0.179 e. The van der Waals surface area contributed by atoms with E-state index >= 15 is 0 Å². The van der Waals surface area contributed by atoms with Crippen molar-refractivity contribution in [3.63, 3.8) is 0 Å². The van der Waals surface area contributed by atoms with Crippen molar-refractivity contribution in [3.05, 3.63) is 0 Å². The molecule has 1 fully saturated rings. The van der Waals surface area contributed by atoms with Gasteiger partial charge >= 0.3 is 0 Å². The topological polar surface area (TPSA) is 0 Å². The quantitative estimate of drug-likeness (QED) is 0.524. The molecular formula is C6H12S. The Bertz CT molecular complexity index is 53.2. The van der Waals surface area contributed by atoms with Crippen molar-refractivity contribution < 1.29 is 0 Å². The van der Waals surface area contributed by atoms with Gasteiger partial charge in [-0.25, -0.2) is 0 Å². The summed E-state index contributed by atoms with van der Waals surface area (Å²) in [4.78, 5) is 0. The van der Waals surface area contributed by atoms with E-state index in [0.29, 0.717) is 0 Å². The molecule has 0 heterocycles. The lowest BCUT2D eigenvalue weighted by Crippen LogP contribution is -1.79. The Labute approximate surface area is 50.7 Å². The second kappa shape index (κ2) is 2.08. The first-order valence-corrected chi connectivity index (χ1v) is 3.62. The molecule has 1 rings (SSSR count). The molecule has 2 atom stereocenters. The van der Waals surface area contributed by atoms with Crippen LogP contribution in [0.3, 0.4) is 0 Å². The van der Waals surface area contributed by atoms with Gasteiger partial charge in [0.1, 0.15) is 0 Å². The lowest BCUT2D eigenvalue weighted by atomic mass is 10.3. The molecule has 0 aromatic rings. The summed E-state index contributed by atoms with van der Waals surface area (Å²) in [5, 5.41) is 0. The van der Waals surface area contributed by atoms with Gasteiger partial charge in [0.25, 0.3) is 0 Å². The van der Waals surface area contributed by atoms with Gasteiger partial charge in [0.2, 0.25) is 0 Å². The second-order valence-electron chi connectivity index (χ2n) is 2.35. The van der Waals surface area contributed by atoms with Crippen molar-refractivity contribution in [1.29, 1.82) is 0 Å². The fourth-order valence-corrected chi connectivity index (χ4v) is 1.48. The third kappa shape index (κ3) is 1.12. The van der Waals surface area contributed by atoms with Crippen LogP contribution in [0.25, 0.3) is 0 Å². The number of rotatable bonds is 2. The molecule has 1 aliphatic carbocycles. The number of hydrogen-bond donors (Lipinski definition) is 1. The zero-order valence-corrected chi connectivity index (χ0v) is 5.62. The van der Waals surface area contributed by atoms with Gasteiger partial charge in [-0.3, -0.25) is 0 Å². The van der Waals surface area contributed by atoms with Gasteiger partial charge < -0.3 is 0 Å². The molecule has 7 heavy (non-hydrogen) atoms. The molecule has 0 bridgehead atoms. The molecular weight excluding hydrogens is 104 g/mol. The smallest absolute Gasteiger partial charge is 0.00667 e. The minimum atomic E-state index is 0.980. The Morgan fingerprint density at radius 3 is 2.43 bits per heavy atom. The summed E-state index contributed by atoms with van der Waals surface area (Å²) < 4.78 is 0. The van der Waals surface area contributed by atoms with Gasteiger partial charge in [-0.15, -0.1) is 0 Å². The van der Waals surface area contributed by atoms with Crippen LogP contribution < -0.4 is 0 Å². The van der Waals surface area contributed by atoms with Gasteiger partial charge in [0, 0.05) is 0 Å². The Hall–Kier alpha value is 0.350. The van der Waals surface area contributed by atoms with E-state index in [1.54, 1.807) is 0 Å². The Kier molecular flexibility index (Phi) is 1.63. The molecule has 42 valence electrons. The molecule has 0 N–H and O–H groups in total. The predicted molar refractivity (Wildman–Crippen MR) is 35.7 cm³/mol. The van der Waals surface area contributed by atoms with Crippen LogP contribution >= 0.6 is 12.6 Å². The third-order valence-electron chi connectivity index (χ3n) is 1.83. The second-order valence-corrected chi connectivity index (χ2v) is 2.71. The standard InChI is InChI=1S/C6H12S/c1-2-5-3-6(5)4-7/h5-7H,2-4H2,1H3. The molecule has 0 aromatic carbocycles. The summed E-state index contributed by atoms with van der Waals surface area (Å²) in [5.74, 6) is 3.13. The Balaban J connectivity index is 2.06. The van der Waals surface area contributed by atoms with E-state index < -0.39 is 0 Å². The summed E-state index contributed by atoms with van der Waals surface area (Å²) in [5.41, 5.74) is 0. The molecule has 0 radical (unpaired) electrons. The molecule has 0 spiro atoms. The van der Waals surface area contributed by atoms with Crippen LogP contribution in [0.1, 0.15) is 19.8 Å². The molecule has 2 unspecified atom stereocenters. The lowest BCUT2D eigenvalue weighted by Gasteiger charge is -1.84. The summed E-state index contributed by atoms with van der Waals surface area (Å²) in [6.07, 6.45) is 2.81. The van der Waals surface area contributed by atoms with Crippen LogP contribution in [0.4, 0.5) is 0 Å². The number of hydrogen-bond acceptors (Lipinski definition) is 1. The first-order valence-electron chi connectivity index (χ1n) is 2.99. The van der Waals surface area contributed by atoms with E-state index in [1.807, 2.05) is 0 Å². The van der Waals surface area contributed by atoms with Crippen LogP contribution in [0.15, 0.2) is 0 Å². The summed E-state index contributed by atoms with van der Waals surface area (Å²) in [7, 11) is 0. The molecule has 1 aliphatic rings. The van der Waals surface area contributed by atoms with Crippen molar-refractivity contribution in [2.75, 3.05) is 5.75 Å². The van der Waals surface area contributed by atoms with Gasteiger partial charge in [-0.1, -0.05) is 13.3 Å². The average Bonchev–Trinajstić information content (AvgIpc) is 2.43. The first kappa shape index (κ1) is 5.49. The molecule has 0 nitrogen and oxygen atoms in total. The molecule has 1 heteroatoms. The first-order chi connectivity index (χ1) is 3.38. The molecule has 0 aromatic heterocycles. The highest BCUT2D eigenvalue weighted by atomic mass is 32.1. The molecule has 0 saturated heterocycles. The monoisotopic (exact) mass is 116 g/mol. The van der Waals surface area contributed by atoms with Gasteiger partial charge in [0.15, 0.2) is 0 Å². The zero-order chi connectivity index (χ0) is 5.28. The van der Waals surface area contributed by atoms with E-state index in [0.717, 1.165) is 17.6 Å². The predicted octanol–water partition coefficient (Wildman–Crippen LogP) is 1.96. The largest absolute Gasteiger partial charge is 0.179 e. The normalized spacial score (nSPS) is 38.6. The van der Waals surface area contributed by atoms with Gasteiger partial charge in [-0.2, -0.15) is 12.6 Å². The summed E-state index contributed by atoms with van der Waals surface area (Å²) in [6.45, 7) is 2.26. The summed E-state index contributed by atoms with van der Waals surface area (Å²) in [6, 6.07) is 0. The van der Waals surface area contributed by atoms with Crippen LogP contribution in [-0.4, -0.2) is 5.75 Å². The van der Waals surface area contributed by atoms with Crippen molar-refractivity contribution in [2.45, 2.75) is 19.8 Å². The maximum Gasteiger partial charge on any atom is -0.00667 e. The lowest BCUT2D eigenvalue weighted by molar-refractivity contribution is 0.730. The molecule has 0 amide bonds. The maximum atomic E-state index is 4.19. The van der Waals surface area contributed by atoms with Gasteiger partial charge in [-0.05, 0) is 24.0 Å². The fourth-order valence-electron chi connectivity index (χ4n) is 1.03. The third-order valence-corrected chi connectivity index (χ3v) is 2.30. The van der Waals surface area contributed by atoms with Crippen LogP contribution in [0.2, 0.25) is 0 Å². The van der Waals surface area contributed by atoms with Crippen LogP contribution in [0.5, 0.6) is 0 Å².